The van der Waals surface area contributed by atoms with Crippen LogP contribution >= 0.6 is 0 Å². The molecule has 2 aromatic rings. The summed E-state index contributed by atoms with van der Waals surface area (Å²) in [4.78, 5) is 28.2. The average molecular weight is 428 g/mol. The van der Waals surface area contributed by atoms with E-state index in [-0.39, 0.29) is 5.91 Å². The number of fused-ring (bicyclic) bond motifs is 1. The number of hydrogen-bond donors (Lipinski definition) is 1. The summed E-state index contributed by atoms with van der Waals surface area (Å²) in [5, 5.41) is 2.78. The van der Waals surface area contributed by atoms with E-state index in [0.717, 1.165) is 37.1 Å². The molecule has 0 aliphatic carbocycles. The van der Waals surface area contributed by atoms with Gasteiger partial charge >= 0.3 is 0 Å². The van der Waals surface area contributed by atoms with Crippen molar-refractivity contribution in [1.82, 2.24) is 19.9 Å². The number of likely N-dealkylation sites (N-methyl/N-ethyl adjacent to an activating group) is 1. The lowest BCUT2D eigenvalue weighted by Crippen LogP contribution is -2.21. The number of anilines is 1. The first kappa shape index (κ1) is 22.6. The van der Waals surface area contributed by atoms with E-state index >= 15 is 0 Å². The minimum absolute atomic E-state index is 0.308. The molecule has 0 unspecified atom stereocenters. The summed E-state index contributed by atoms with van der Waals surface area (Å²) in [7, 11) is 5.03. The monoisotopic (exact) mass is 427 g/mol. The second-order valence-electron chi connectivity index (χ2n) is 7.28. The molecule has 0 bridgehead atoms. The second-order valence-corrected chi connectivity index (χ2v) is 7.28. The molecule has 1 N–H and O–H groups in total. The van der Waals surface area contributed by atoms with Gasteiger partial charge in [-0.2, -0.15) is 0 Å². The first-order valence-electron chi connectivity index (χ1n) is 10.2. The summed E-state index contributed by atoms with van der Waals surface area (Å²) in [6, 6.07) is 0. The van der Waals surface area contributed by atoms with Gasteiger partial charge in [0.15, 0.2) is 11.3 Å². The average Bonchev–Trinajstić information content (AvgIpc) is 2.80. The minimum atomic E-state index is -0.333. The minimum Gasteiger partial charge on any atom is -0.479 e. The molecule has 3 rings (SSSR count). The Morgan fingerprint density at radius 2 is 2.06 bits per heavy atom. The molecule has 9 heteroatoms. The molecule has 0 saturated carbocycles. The van der Waals surface area contributed by atoms with Crippen LogP contribution in [0.2, 0.25) is 0 Å². The van der Waals surface area contributed by atoms with Gasteiger partial charge in [0.25, 0.3) is 5.91 Å². The van der Waals surface area contributed by atoms with Gasteiger partial charge in [0.1, 0.15) is 0 Å². The predicted molar refractivity (Wildman–Crippen MR) is 118 cm³/mol. The first-order valence-corrected chi connectivity index (χ1v) is 10.2. The van der Waals surface area contributed by atoms with Gasteiger partial charge in [0.05, 0.1) is 31.0 Å². The van der Waals surface area contributed by atoms with Crippen LogP contribution in [0.4, 0.5) is 5.82 Å². The van der Waals surface area contributed by atoms with Crippen LogP contribution in [0, 0.1) is 0 Å². The number of carbonyl (C=O) groups excluding carboxylic acids is 1. The summed E-state index contributed by atoms with van der Waals surface area (Å²) in [6.07, 6.45) is 8.39. The quantitative estimate of drug-likeness (QED) is 0.481. The third-order valence-corrected chi connectivity index (χ3v) is 5.16. The Balaban J connectivity index is 1.86. The zero-order chi connectivity index (χ0) is 22.2. The van der Waals surface area contributed by atoms with Crippen LogP contribution in [-0.2, 0) is 14.3 Å². The van der Waals surface area contributed by atoms with Gasteiger partial charge in [0.2, 0.25) is 5.88 Å². The summed E-state index contributed by atoms with van der Waals surface area (Å²) in [5.41, 5.74) is 2.68. The van der Waals surface area contributed by atoms with E-state index in [9.17, 15) is 4.79 Å². The fourth-order valence-corrected chi connectivity index (χ4v) is 3.45. The SMILES string of the molecule is C=C/C(=C\N(C)CCOC)C(=O)Nc1cnc2c(C3CCOCC3)cnc(OC)c2n1. The molecule has 1 saturated heterocycles. The van der Waals surface area contributed by atoms with E-state index in [2.05, 4.69) is 26.8 Å². The molecular formula is C22H29N5O4. The van der Waals surface area contributed by atoms with Crippen molar-refractivity contribution in [3.05, 3.63) is 42.4 Å². The Morgan fingerprint density at radius 1 is 1.29 bits per heavy atom. The second kappa shape index (κ2) is 10.8. The van der Waals surface area contributed by atoms with Crippen LogP contribution < -0.4 is 10.1 Å². The number of nitrogens with one attached hydrogen (secondary N) is 1. The molecule has 1 aliphatic heterocycles. The molecule has 166 valence electrons. The van der Waals surface area contributed by atoms with Crippen molar-refractivity contribution >= 4 is 22.8 Å². The highest BCUT2D eigenvalue weighted by Gasteiger charge is 2.22. The summed E-state index contributed by atoms with van der Waals surface area (Å²) < 4.78 is 15.9. The maximum absolute atomic E-state index is 12.7. The largest absolute Gasteiger partial charge is 0.479 e. The van der Waals surface area contributed by atoms with Crippen molar-refractivity contribution < 1.29 is 19.0 Å². The Morgan fingerprint density at radius 3 is 2.74 bits per heavy atom. The normalized spacial score (nSPS) is 15.0. The highest BCUT2D eigenvalue weighted by Crippen LogP contribution is 2.33. The Hall–Kier alpha value is -3.04. The number of aromatic nitrogens is 3. The van der Waals surface area contributed by atoms with E-state index in [1.165, 1.54) is 13.2 Å². The zero-order valence-corrected chi connectivity index (χ0v) is 18.3. The van der Waals surface area contributed by atoms with Gasteiger partial charge in [-0.25, -0.2) is 9.97 Å². The van der Waals surface area contributed by atoms with Gasteiger partial charge in [0, 0.05) is 51.9 Å². The van der Waals surface area contributed by atoms with E-state index in [0.29, 0.717) is 41.9 Å². The summed E-state index contributed by atoms with van der Waals surface area (Å²) >= 11 is 0. The van der Waals surface area contributed by atoms with Crippen molar-refractivity contribution in [1.29, 1.82) is 0 Å². The van der Waals surface area contributed by atoms with E-state index in [1.807, 2.05) is 11.9 Å². The number of amides is 1. The number of hydrogen-bond acceptors (Lipinski definition) is 8. The molecule has 9 nitrogen and oxygen atoms in total. The van der Waals surface area contributed by atoms with Crippen molar-refractivity contribution in [2.24, 2.45) is 0 Å². The maximum atomic E-state index is 12.7. The van der Waals surface area contributed by atoms with Gasteiger partial charge in [-0.05, 0) is 18.8 Å². The molecule has 0 atom stereocenters. The highest BCUT2D eigenvalue weighted by atomic mass is 16.5. The van der Waals surface area contributed by atoms with Crippen LogP contribution in [-0.4, -0.2) is 73.4 Å². The molecule has 0 radical (unpaired) electrons. The predicted octanol–water partition coefficient (Wildman–Crippen LogP) is 2.51. The lowest BCUT2D eigenvalue weighted by molar-refractivity contribution is -0.112. The number of rotatable bonds is 9. The van der Waals surface area contributed by atoms with E-state index < -0.39 is 0 Å². The smallest absolute Gasteiger partial charge is 0.258 e. The van der Waals surface area contributed by atoms with E-state index in [1.54, 1.807) is 25.7 Å². The number of methoxy groups -OCH3 is 2. The Bertz CT molecular complexity index is 956. The third-order valence-electron chi connectivity index (χ3n) is 5.16. The van der Waals surface area contributed by atoms with Crippen LogP contribution in [0.3, 0.4) is 0 Å². The van der Waals surface area contributed by atoms with Crippen LogP contribution in [0.5, 0.6) is 5.88 Å². The molecule has 1 aliphatic rings. The summed E-state index contributed by atoms with van der Waals surface area (Å²) in [5.74, 6) is 0.657. The van der Waals surface area contributed by atoms with Crippen molar-refractivity contribution in [3.8, 4) is 5.88 Å². The highest BCUT2D eigenvalue weighted by molar-refractivity contribution is 6.05. The number of carbonyl (C=O) groups is 1. The number of ether oxygens (including phenoxy) is 3. The molecule has 31 heavy (non-hydrogen) atoms. The number of pyridine rings is 1. The summed E-state index contributed by atoms with van der Waals surface area (Å²) in [6.45, 7) is 6.37. The standard InChI is InChI=1S/C22H29N5O4/c1-5-15(14-27(2)8-11-29-3)21(28)26-18-13-23-19-17(16-6-9-31-10-7-16)12-24-22(30-4)20(19)25-18/h5,12-14,16H,1,6-11H2,2-4H3,(H,25,26,28)/b15-14+. The number of nitrogens with zero attached hydrogens (tertiary/aromatic N) is 4. The lowest BCUT2D eigenvalue weighted by atomic mass is 9.92. The third kappa shape index (κ3) is 5.56. The molecular weight excluding hydrogens is 398 g/mol. The van der Waals surface area contributed by atoms with Crippen LogP contribution in [0.1, 0.15) is 24.3 Å². The van der Waals surface area contributed by atoms with Crippen LogP contribution in [0.25, 0.3) is 11.0 Å². The first-order chi connectivity index (χ1) is 15.1. The fraction of sp³-hybridized carbons (Fsp3) is 0.455. The van der Waals surface area contributed by atoms with E-state index in [4.69, 9.17) is 14.2 Å². The van der Waals surface area contributed by atoms with Crippen molar-refractivity contribution in [2.75, 3.05) is 52.9 Å². The van der Waals surface area contributed by atoms with Crippen LogP contribution in [0.15, 0.2) is 36.8 Å². The van der Waals surface area contributed by atoms with Crippen molar-refractivity contribution in [2.45, 2.75) is 18.8 Å². The van der Waals surface area contributed by atoms with Gasteiger partial charge in [-0.1, -0.05) is 12.7 Å². The zero-order valence-electron chi connectivity index (χ0n) is 18.3. The van der Waals surface area contributed by atoms with Gasteiger partial charge in [-0.3, -0.25) is 9.78 Å². The topological polar surface area (TPSA) is 98.7 Å². The molecule has 0 aromatic carbocycles. The molecule has 1 fully saturated rings. The van der Waals surface area contributed by atoms with Gasteiger partial charge in [-0.15, -0.1) is 0 Å². The molecule has 1 amide bonds. The maximum Gasteiger partial charge on any atom is 0.258 e. The lowest BCUT2D eigenvalue weighted by Gasteiger charge is -2.23. The fourth-order valence-electron chi connectivity index (χ4n) is 3.45. The molecule has 3 heterocycles. The Labute approximate surface area is 182 Å². The van der Waals surface area contributed by atoms with Crippen molar-refractivity contribution in [3.63, 3.8) is 0 Å². The van der Waals surface area contributed by atoms with Gasteiger partial charge < -0.3 is 24.4 Å². The molecule has 2 aromatic heterocycles. The Kier molecular flexibility index (Phi) is 7.91. The molecule has 0 spiro atoms.